The summed E-state index contributed by atoms with van der Waals surface area (Å²) in [6, 6.07) is 0. The number of hydrogen-bond donors (Lipinski definition) is 2. The third kappa shape index (κ3) is 5.81. The number of thioether (sulfide) groups is 1. The summed E-state index contributed by atoms with van der Waals surface area (Å²) in [5, 5.41) is 6.92. The first-order chi connectivity index (χ1) is 11.3. The molecule has 0 aromatic heterocycles. The van der Waals surface area contributed by atoms with Gasteiger partial charge in [-0.25, -0.2) is 0 Å². The standard InChI is InChI=1S/C16H32N4O2S/c1-3-21-9-4-6-18-15(17-2)19-13-16(5-12-23-14-16)20-7-10-22-11-8-20/h3-14H2,1-2H3,(H2,17,18,19). The van der Waals surface area contributed by atoms with Gasteiger partial charge in [0.2, 0.25) is 0 Å². The number of rotatable bonds is 8. The highest BCUT2D eigenvalue weighted by Crippen LogP contribution is 2.33. The molecule has 0 amide bonds. The van der Waals surface area contributed by atoms with E-state index in [2.05, 4.69) is 32.3 Å². The van der Waals surface area contributed by atoms with Crippen LogP contribution in [-0.4, -0.2) is 87.6 Å². The number of nitrogens with zero attached hydrogens (tertiary/aromatic N) is 2. The molecule has 23 heavy (non-hydrogen) atoms. The molecule has 0 bridgehead atoms. The highest BCUT2D eigenvalue weighted by molar-refractivity contribution is 7.99. The van der Waals surface area contributed by atoms with Crippen LogP contribution < -0.4 is 10.6 Å². The number of morpholine rings is 1. The van der Waals surface area contributed by atoms with Gasteiger partial charge in [0.1, 0.15) is 0 Å². The van der Waals surface area contributed by atoms with Gasteiger partial charge in [0.15, 0.2) is 5.96 Å². The Morgan fingerprint density at radius 3 is 2.83 bits per heavy atom. The summed E-state index contributed by atoms with van der Waals surface area (Å²) in [5.41, 5.74) is 0.247. The SMILES string of the molecule is CCOCCCNC(=NC)NCC1(N2CCOCC2)CCSC1. The lowest BCUT2D eigenvalue weighted by atomic mass is 9.95. The third-order valence-electron chi connectivity index (χ3n) is 4.53. The Hall–Kier alpha value is -0.500. The van der Waals surface area contributed by atoms with Crippen molar-refractivity contribution in [1.29, 1.82) is 0 Å². The van der Waals surface area contributed by atoms with Crippen molar-refractivity contribution in [2.75, 3.05) is 71.2 Å². The molecule has 0 aliphatic carbocycles. The number of ether oxygens (including phenoxy) is 2. The van der Waals surface area contributed by atoms with Gasteiger partial charge in [-0.3, -0.25) is 9.89 Å². The van der Waals surface area contributed by atoms with Crippen molar-refractivity contribution in [3.63, 3.8) is 0 Å². The Balaban J connectivity index is 1.78. The fraction of sp³-hybridized carbons (Fsp3) is 0.938. The van der Waals surface area contributed by atoms with Crippen LogP contribution in [0.15, 0.2) is 4.99 Å². The molecule has 0 saturated carbocycles. The molecule has 0 aromatic rings. The predicted molar refractivity (Wildman–Crippen MR) is 97.5 cm³/mol. The van der Waals surface area contributed by atoms with E-state index in [-0.39, 0.29) is 5.54 Å². The first-order valence-corrected chi connectivity index (χ1v) is 9.89. The van der Waals surface area contributed by atoms with Crippen molar-refractivity contribution in [3.8, 4) is 0 Å². The molecular weight excluding hydrogens is 312 g/mol. The molecule has 0 aromatic carbocycles. The monoisotopic (exact) mass is 344 g/mol. The van der Waals surface area contributed by atoms with Crippen LogP contribution in [0.1, 0.15) is 19.8 Å². The minimum atomic E-state index is 0.247. The van der Waals surface area contributed by atoms with Crippen molar-refractivity contribution in [3.05, 3.63) is 0 Å². The number of nitrogens with one attached hydrogen (secondary N) is 2. The fourth-order valence-corrected chi connectivity index (χ4v) is 4.61. The van der Waals surface area contributed by atoms with Crippen LogP contribution in [0.3, 0.4) is 0 Å². The second-order valence-corrected chi connectivity index (χ2v) is 7.13. The normalized spacial score (nSPS) is 26.4. The van der Waals surface area contributed by atoms with Crippen molar-refractivity contribution in [2.24, 2.45) is 4.99 Å². The van der Waals surface area contributed by atoms with E-state index in [1.54, 1.807) is 0 Å². The van der Waals surface area contributed by atoms with Crippen molar-refractivity contribution in [1.82, 2.24) is 15.5 Å². The summed E-state index contributed by atoms with van der Waals surface area (Å²) in [4.78, 5) is 6.96. The highest BCUT2D eigenvalue weighted by atomic mass is 32.2. The largest absolute Gasteiger partial charge is 0.382 e. The van der Waals surface area contributed by atoms with Gasteiger partial charge < -0.3 is 20.1 Å². The van der Waals surface area contributed by atoms with E-state index in [0.717, 1.165) is 65.0 Å². The van der Waals surface area contributed by atoms with E-state index >= 15 is 0 Å². The van der Waals surface area contributed by atoms with Gasteiger partial charge in [0, 0.05) is 57.7 Å². The lowest BCUT2D eigenvalue weighted by molar-refractivity contribution is -0.0120. The lowest BCUT2D eigenvalue weighted by Crippen LogP contribution is -2.60. The molecule has 2 saturated heterocycles. The quantitative estimate of drug-likeness (QED) is 0.386. The number of aliphatic imine (C=N–C) groups is 1. The molecule has 2 heterocycles. The number of guanidine groups is 1. The zero-order chi connectivity index (χ0) is 16.4. The smallest absolute Gasteiger partial charge is 0.191 e. The van der Waals surface area contributed by atoms with E-state index < -0.39 is 0 Å². The van der Waals surface area contributed by atoms with Gasteiger partial charge in [0.05, 0.1) is 13.2 Å². The van der Waals surface area contributed by atoms with E-state index in [4.69, 9.17) is 9.47 Å². The molecule has 1 unspecified atom stereocenters. The fourth-order valence-electron chi connectivity index (χ4n) is 3.13. The Kier molecular flexibility index (Phi) is 8.50. The van der Waals surface area contributed by atoms with Gasteiger partial charge in [-0.05, 0) is 25.5 Å². The van der Waals surface area contributed by atoms with Crippen LogP contribution in [-0.2, 0) is 9.47 Å². The highest BCUT2D eigenvalue weighted by Gasteiger charge is 2.40. The maximum Gasteiger partial charge on any atom is 0.191 e. The van der Waals surface area contributed by atoms with Gasteiger partial charge in [0.25, 0.3) is 0 Å². The molecule has 134 valence electrons. The molecule has 2 rings (SSSR count). The van der Waals surface area contributed by atoms with Crippen LogP contribution in [0.25, 0.3) is 0 Å². The van der Waals surface area contributed by atoms with Crippen molar-refractivity contribution >= 4 is 17.7 Å². The topological polar surface area (TPSA) is 58.1 Å². The Bertz CT molecular complexity index is 356. The zero-order valence-electron chi connectivity index (χ0n) is 14.6. The molecule has 2 aliphatic rings. The molecule has 0 spiro atoms. The zero-order valence-corrected chi connectivity index (χ0v) is 15.4. The molecule has 7 heteroatoms. The van der Waals surface area contributed by atoms with E-state index in [1.165, 1.54) is 17.9 Å². The Morgan fingerprint density at radius 2 is 2.17 bits per heavy atom. The number of hydrogen-bond acceptors (Lipinski definition) is 5. The first kappa shape index (κ1) is 18.8. The summed E-state index contributed by atoms with van der Waals surface area (Å²) in [6.07, 6.45) is 2.24. The van der Waals surface area contributed by atoms with Crippen LogP contribution in [0.4, 0.5) is 0 Å². The van der Waals surface area contributed by atoms with Crippen molar-refractivity contribution in [2.45, 2.75) is 25.3 Å². The maximum atomic E-state index is 5.52. The first-order valence-electron chi connectivity index (χ1n) is 8.73. The third-order valence-corrected chi connectivity index (χ3v) is 5.77. The average molecular weight is 345 g/mol. The van der Waals surface area contributed by atoms with E-state index in [0.29, 0.717) is 0 Å². The van der Waals surface area contributed by atoms with E-state index in [1.807, 2.05) is 14.0 Å². The summed E-state index contributed by atoms with van der Waals surface area (Å²) in [5.74, 6) is 3.34. The van der Waals surface area contributed by atoms with Gasteiger partial charge in [-0.1, -0.05) is 0 Å². The maximum absolute atomic E-state index is 5.52. The lowest BCUT2D eigenvalue weighted by Gasteiger charge is -2.43. The molecule has 2 aliphatic heterocycles. The average Bonchev–Trinajstić information content (AvgIpc) is 3.08. The second-order valence-electron chi connectivity index (χ2n) is 6.03. The summed E-state index contributed by atoms with van der Waals surface area (Å²) >= 11 is 2.06. The van der Waals surface area contributed by atoms with E-state index in [9.17, 15) is 0 Å². The van der Waals surface area contributed by atoms with Gasteiger partial charge >= 0.3 is 0 Å². The summed E-state index contributed by atoms with van der Waals surface area (Å²) in [7, 11) is 1.84. The molecule has 6 nitrogen and oxygen atoms in total. The minimum absolute atomic E-state index is 0.247. The molecule has 1 atom stereocenters. The summed E-state index contributed by atoms with van der Waals surface area (Å²) < 4.78 is 10.9. The molecular formula is C16H32N4O2S. The van der Waals surface area contributed by atoms with Gasteiger partial charge in [-0.15, -0.1) is 0 Å². The summed E-state index contributed by atoms with van der Waals surface area (Å²) in [6.45, 7) is 9.25. The van der Waals surface area contributed by atoms with Crippen molar-refractivity contribution < 1.29 is 9.47 Å². The second kappa shape index (κ2) is 10.4. The molecule has 2 fully saturated rings. The molecule has 2 N–H and O–H groups in total. The van der Waals surface area contributed by atoms with Crippen LogP contribution in [0, 0.1) is 0 Å². The minimum Gasteiger partial charge on any atom is -0.382 e. The van der Waals surface area contributed by atoms with Gasteiger partial charge in [-0.2, -0.15) is 11.8 Å². The van der Waals surface area contributed by atoms with Crippen LogP contribution in [0.5, 0.6) is 0 Å². The Labute approximate surface area is 144 Å². The Morgan fingerprint density at radius 1 is 1.35 bits per heavy atom. The predicted octanol–water partition coefficient (Wildman–Crippen LogP) is 0.786. The van der Waals surface area contributed by atoms with Crippen LogP contribution >= 0.6 is 11.8 Å². The molecule has 0 radical (unpaired) electrons. The van der Waals surface area contributed by atoms with Crippen LogP contribution in [0.2, 0.25) is 0 Å².